The first-order valence-corrected chi connectivity index (χ1v) is 12.7. The first-order valence-electron chi connectivity index (χ1n) is 12.7. The normalized spacial score (nSPS) is 21.2. The number of rotatable bonds is 9. The first kappa shape index (κ1) is 24.5. The van der Waals surface area contributed by atoms with Gasteiger partial charge in [-0.1, -0.05) is 12.1 Å². The van der Waals surface area contributed by atoms with Gasteiger partial charge in [-0.15, -0.1) is 0 Å². The van der Waals surface area contributed by atoms with Gasteiger partial charge >= 0.3 is 5.97 Å². The van der Waals surface area contributed by atoms with Gasteiger partial charge in [-0.3, -0.25) is 4.98 Å². The molecule has 196 valence electrons. The van der Waals surface area contributed by atoms with Crippen LogP contribution in [-0.4, -0.2) is 56.5 Å². The van der Waals surface area contributed by atoms with Gasteiger partial charge in [-0.25, -0.2) is 14.8 Å². The van der Waals surface area contributed by atoms with Crippen molar-refractivity contribution in [3.8, 4) is 5.88 Å². The monoisotopic (exact) mass is 516 g/mol. The molecule has 2 fully saturated rings. The highest BCUT2D eigenvalue weighted by molar-refractivity contribution is 5.92. The summed E-state index contributed by atoms with van der Waals surface area (Å²) >= 11 is 0. The quantitative estimate of drug-likeness (QED) is 0.354. The van der Waals surface area contributed by atoms with E-state index in [0.717, 1.165) is 35.6 Å². The SMILES string of the molecule is O=C(O)c1ccc2nc(CC3COC(c4cccc(OCc5ccccn5)n4)OC3)n(C[C@@H]3CCO3)c2c1. The Morgan fingerprint density at radius 1 is 1.05 bits per heavy atom. The molecular weight excluding hydrogens is 488 g/mol. The van der Waals surface area contributed by atoms with Gasteiger partial charge in [0, 0.05) is 31.2 Å². The predicted octanol–water partition coefficient (Wildman–Crippen LogP) is 3.80. The van der Waals surface area contributed by atoms with Crippen molar-refractivity contribution in [3.05, 3.63) is 83.6 Å². The summed E-state index contributed by atoms with van der Waals surface area (Å²) in [7, 11) is 0. The molecule has 1 N–H and O–H groups in total. The van der Waals surface area contributed by atoms with Crippen LogP contribution in [-0.2, 0) is 33.8 Å². The second-order valence-corrected chi connectivity index (χ2v) is 9.51. The van der Waals surface area contributed by atoms with E-state index in [-0.39, 0.29) is 17.6 Å². The lowest BCUT2D eigenvalue weighted by atomic mass is 10.1. The highest BCUT2D eigenvalue weighted by Gasteiger charge is 2.28. The van der Waals surface area contributed by atoms with Crippen LogP contribution in [0.2, 0.25) is 0 Å². The summed E-state index contributed by atoms with van der Waals surface area (Å²) in [5, 5.41) is 9.46. The van der Waals surface area contributed by atoms with Gasteiger partial charge in [0.05, 0.1) is 48.2 Å². The van der Waals surface area contributed by atoms with Crippen LogP contribution in [0.1, 0.15) is 40.3 Å². The van der Waals surface area contributed by atoms with Gasteiger partial charge in [-0.2, -0.15) is 0 Å². The number of carboxylic acids is 1. The number of carbonyl (C=O) groups is 1. The van der Waals surface area contributed by atoms with Crippen LogP contribution in [0.25, 0.3) is 11.0 Å². The second kappa shape index (κ2) is 10.9. The van der Waals surface area contributed by atoms with Crippen molar-refractivity contribution in [2.45, 2.75) is 38.4 Å². The summed E-state index contributed by atoms with van der Waals surface area (Å²) in [5.41, 5.74) is 3.29. The minimum absolute atomic E-state index is 0.0895. The molecule has 3 aromatic heterocycles. The van der Waals surface area contributed by atoms with Crippen molar-refractivity contribution in [2.24, 2.45) is 5.92 Å². The summed E-state index contributed by atoms with van der Waals surface area (Å²) < 4.78 is 25.6. The van der Waals surface area contributed by atoms with Crippen LogP contribution in [0.3, 0.4) is 0 Å². The molecule has 2 saturated heterocycles. The van der Waals surface area contributed by atoms with Gasteiger partial charge in [0.15, 0.2) is 0 Å². The molecule has 0 aliphatic carbocycles. The van der Waals surface area contributed by atoms with E-state index >= 15 is 0 Å². The average Bonchev–Trinajstić information content (AvgIpc) is 3.26. The van der Waals surface area contributed by atoms with E-state index in [4.69, 9.17) is 23.9 Å². The maximum absolute atomic E-state index is 11.5. The second-order valence-electron chi connectivity index (χ2n) is 9.51. The van der Waals surface area contributed by atoms with Crippen molar-refractivity contribution >= 4 is 17.0 Å². The Balaban J connectivity index is 1.12. The maximum atomic E-state index is 11.5. The molecule has 0 amide bonds. The molecule has 2 aliphatic heterocycles. The van der Waals surface area contributed by atoms with Crippen LogP contribution in [0.4, 0.5) is 0 Å². The number of nitrogens with zero attached hydrogens (tertiary/aromatic N) is 4. The average molecular weight is 517 g/mol. The standard InChI is InChI=1S/C28H28N4O6/c33-27(34)19-7-8-22-24(13-19)32(14-21-9-11-35-21)25(30-22)12-18-15-37-28(38-16-18)23-5-3-6-26(31-23)36-17-20-4-1-2-10-29-20/h1-8,10,13,18,21,28H,9,11-12,14-17H2,(H,33,34)/t18?,21-,28?/m0/s1. The number of benzene rings is 1. The molecule has 0 spiro atoms. The molecular formula is C28H28N4O6. The minimum Gasteiger partial charge on any atom is -0.478 e. The van der Waals surface area contributed by atoms with Crippen molar-refractivity contribution in [1.82, 2.24) is 19.5 Å². The third kappa shape index (κ3) is 5.38. The molecule has 4 aromatic rings. The summed E-state index contributed by atoms with van der Waals surface area (Å²) in [6.07, 6.45) is 2.88. The maximum Gasteiger partial charge on any atom is 0.335 e. The van der Waals surface area contributed by atoms with Crippen molar-refractivity contribution < 1.29 is 28.8 Å². The molecule has 0 unspecified atom stereocenters. The van der Waals surface area contributed by atoms with E-state index in [2.05, 4.69) is 14.5 Å². The molecule has 6 rings (SSSR count). The summed E-state index contributed by atoms with van der Waals surface area (Å²) in [5.74, 6) is 0.486. The first-order chi connectivity index (χ1) is 18.6. The molecule has 1 atom stereocenters. The number of carboxylic acid groups (broad SMARTS) is 1. The Labute approximate surface area is 219 Å². The number of aromatic carboxylic acids is 1. The smallest absolute Gasteiger partial charge is 0.335 e. The lowest BCUT2D eigenvalue weighted by molar-refractivity contribution is -0.207. The fourth-order valence-electron chi connectivity index (χ4n) is 4.66. The van der Waals surface area contributed by atoms with Gasteiger partial charge in [0.25, 0.3) is 0 Å². The van der Waals surface area contributed by atoms with Crippen molar-refractivity contribution in [3.63, 3.8) is 0 Å². The molecule has 0 radical (unpaired) electrons. The van der Waals surface area contributed by atoms with Crippen LogP contribution in [0.15, 0.2) is 60.8 Å². The van der Waals surface area contributed by atoms with Crippen LogP contribution >= 0.6 is 0 Å². The van der Waals surface area contributed by atoms with E-state index in [1.54, 1.807) is 30.5 Å². The van der Waals surface area contributed by atoms with E-state index in [1.807, 2.05) is 30.3 Å². The predicted molar refractivity (Wildman–Crippen MR) is 136 cm³/mol. The zero-order valence-electron chi connectivity index (χ0n) is 20.7. The zero-order valence-corrected chi connectivity index (χ0v) is 20.7. The molecule has 38 heavy (non-hydrogen) atoms. The molecule has 10 heteroatoms. The molecule has 10 nitrogen and oxygen atoms in total. The Bertz CT molecular complexity index is 1410. The molecule has 5 heterocycles. The third-order valence-corrected chi connectivity index (χ3v) is 6.77. The fourth-order valence-corrected chi connectivity index (χ4v) is 4.66. The minimum atomic E-state index is -0.957. The van der Waals surface area contributed by atoms with E-state index in [1.165, 1.54) is 0 Å². The number of pyridine rings is 2. The fraction of sp³-hybridized carbons (Fsp3) is 0.357. The summed E-state index contributed by atoms with van der Waals surface area (Å²) in [4.78, 5) is 25.2. The van der Waals surface area contributed by atoms with Crippen molar-refractivity contribution in [2.75, 3.05) is 19.8 Å². The molecule has 0 bridgehead atoms. The zero-order chi connectivity index (χ0) is 25.9. The van der Waals surface area contributed by atoms with E-state index < -0.39 is 12.3 Å². The number of hydrogen-bond acceptors (Lipinski definition) is 8. The third-order valence-electron chi connectivity index (χ3n) is 6.77. The highest BCUT2D eigenvalue weighted by Crippen LogP contribution is 2.29. The van der Waals surface area contributed by atoms with Gasteiger partial charge in [-0.05, 0) is 42.8 Å². The van der Waals surface area contributed by atoms with Gasteiger partial charge < -0.3 is 28.6 Å². The lowest BCUT2D eigenvalue weighted by Gasteiger charge is -2.30. The largest absolute Gasteiger partial charge is 0.478 e. The van der Waals surface area contributed by atoms with Crippen LogP contribution in [0.5, 0.6) is 5.88 Å². The number of aromatic nitrogens is 4. The molecule has 1 aromatic carbocycles. The van der Waals surface area contributed by atoms with Crippen LogP contribution in [0, 0.1) is 5.92 Å². The Morgan fingerprint density at radius 3 is 2.66 bits per heavy atom. The molecule has 0 saturated carbocycles. The number of ether oxygens (including phenoxy) is 4. The van der Waals surface area contributed by atoms with E-state index in [0.29, 0.717) is 44.4 Å². The Kier molecular flexibility index (Phi) is 7.00. The Morgan fingerprint density at radius 2 is 1.92 bits per heavy atom. The van der Waals surface area contributed by atoms with Crippen LogP contribution < -0.4 is 4.74 Å². The lowest BCUT2D eigenvalue weighted by Crippen LogP contribution is -2.33. The van der Waals surface area contributed by atoms with Gasteiger partial charge in [0.1, 0.15) is 18.1 Å². The van der Waals surface area contributed by atoms with Crippen molar-refractivity contribution in [1.29, 1.82) is 0 Å². The number of fused-ring (bicyclic) bond motifs is 1. The molecule has 2 aliphatic rings. The number of hydrogen-bond donors (Lipinski definition) is 1. The topological polar surface area (TPSA) is 118 Å². The highest BCUT2D eigenvalue weighted by atomic mass is 16.7. The number of imidazole rings is 1. The van der Waals surface area contributed by atoms with E-state index in [9.17, 15) is 9.90 Å². The summed E-state index contributed by atoms with van der Waals surface area (Å²) in [6.45, 7) is 2.68. The van der Waals surface area contributed by atoms with Gasteiger partial charge in [0.2, 0.25) is 12.2 Å². The Hall–Kier alpha value is -3.86. The summed E-state index contributed by atoms with van der Waals surface area (Å²) in [6, 6.07) is 16.2.